The fourth-order valence-corrected chi connectivity index (χ4v) is 1.55. The lowest BCUT2D eigenvalue weighted by Crippen LogP contribution is -2.07. The second-order valence-electron chi connectivity index (χ2n) is 3.96. The van der Waals surface area contributed by atoms with Gasteiger partial charge in [-0.25, -0.2) is 8.78 Å². The molecule has 0 aromatic heterocycles. The summed E-state index contributed by atoms with van der Waals surface area (Å²) >= 11 is 0. The van der Waals surface area contributed by atoms with Crippen LogP contribution in [0.3, 0.4) is 0 Å². The number of carbonyl (C=O) groups is 1. The topological polar surface area (TPSA) is 61.5 Å². The number of benzene rings is 1. The van der Waals surface area contributed by atoms with E-state index >= 15 is 0 Å². The molecular formula is C13H17F2NO3. The minimum atomic E-state index is -0.762. The van der Waals surface area contributed by atoms with Crippen LogP contribution in [0.25, 0.3) is 0 Å². The normalized spacial score (nSPS) is 10.3. The van der Waals surface area contributed by atoms with Crippen molar-refractivity contribution < 1.29 is 23.0 Å². The Morgan fingerprint density at radius 1 is 1.32 bits per heavy atom. The summed E-state index contributed by atoms with van der Waals surface area (Å²) < 4.78 is 36.6. The zero-order valence-corrected chi connectivity index (χ0v) is 10.7. The molecule has 0 fully saturated rings. The van der Waals surface area contributed by atoms with Crippen LogP contribution in [-0.4, -0.2) is 26.2 Å². The summed E-state index contributed by atoms with van der Waals surface area (Å²) in [5.74, 6) is -2.34. The fraction of sp³-hybridized carbons (Fsp3) is 0.462. The molecule has 0 bridgehead atoms. The van der Waals surface area contributed by atoms with E-state index in [1.165, 1.54) is 19.2 Å². The molecule has 0 spiro atoms. The molecule has 0 saturated carbocycles. The van der Waals surface area contributed by atoms with E-state index in [0.717, 1.165) is 0 Å². The van der Waals surface area contributed by atoms with Gasteiger partial charge in [0.25, 0.3) is 0 Å². The molecule has 0 amide bonds. The third-order valence-corrected chi connectivity index (χ3v) is 2.49. The quantitative estimate of drug-likeness (QED) is 0.608. The van der Waals surface area contributed by atoms with Crippen molar-refractivity contribution in [1.29, 1.82) is 0 Å². The first kappa shape index (κ1) is 15.4. The van der Waals surface area contributed by atoms with Gasteiger partial charge in [0.2, 0.25) is 0 Å². The molecule has 1 aromatic rings. The van der Waals surface area contributed by atoms with Crippen molar-refractivity contribution in [3.63, 3.8) is 0 Å². The Kier molecular flexibility index (Phi) is 6.21. The minimum Gasteiger partial charge on any atom is -0.488 e. The molecule has 19 heavy (non-hydrogen) atoms. The maximum absolute atomic E-state index is 13.6. The van der Waals surface area contributed by atoms with Crippen molar-refractivity contribution in [3.8, 4) is 5.75 Å². The number of methoxy groups -OCH3 is 1. The van der Waals surface area contributed by atoms with Gasteiger partial charge in [-0.15, -0.1) is 0 Å². The summed E-state index contributed by atoms with van der Waals surface area (Å²) in [6.45, 7) is 0.359. The summed E-state index contributed by atoms with van der Waals surface area (Å²) in [5.41, 5.74) is 5.80. The zero-order valence-electron chi connectivity index (χ0n) is 10.7. The molecule has 0 aliphatic heterocycles. The van der Waals surface area contributed by atoms with E-state index in [0.29, 0.717) is 24.9 Å². The summed E-state index contributed by atoms with van der Waals surface area (Å²) in [6.07, 6.45) is 0.873. The van der Waals surface area contributed by atoms with Gasteiger partial charge in [-0.3, -0.25) is 4.79 Å². The molecule has 0 aliphatic carbocycles. The highest BCUT2D eigenvalue weighted by Crippen LogP contribution is 2.23. The van der Waals surface area contributed by atoms with Gasteiger partial charge in [0.15, 0.2) is 17.4 Å². The van der Waals surface area contributed by atoms with Crippen molar-refractivity contribution in [2.45, 2.75) is 19.3 Å². The summed E-state index contributed by atoms with van der Waals surface area (Å²) in [4.78, 5) is 10.8. The highest BCUT2D eigenvalue weighted by Gasteiger charge is 2.12. The lowest BCUT2D eigenvalue weighted by molar-refractivity contribution is -0.140. The van der Waals surface area contributed by atoms with Crippen molar-refractivity contribution in [3.05, 3.63) is 29.3 Å². The average Bonchev–Trinajstić information content (AvgIpc) is 2.37. The Balaban J connectivity index is 2.56. The third-order valence-electron chi connectivity index (χ3n) is 2.49. The highest BCUT2D eigenvalue weighted by atomic mass is 19.1. The van der Waals surface area contributed by atoms with Crippen LogP contribution in [0, 0.1) is 11.6 Å². The second-order valence-corrected chi connectivity index (χ2v) is 3.96. The average molecular weight is 273 g/mol. The Bertz CT molecular complexity index is 415. The van der Waals surface area contributed by atoms with Crippen LogP contribution in [0.2, 0.25) is 0 Å². The Hall–Kier alpha value is -1.69. The molecule has 6 heteroatoms. The predicted octanol–water partition coefficient (Wildman–Crippen LogP) is 1.80. The van der Waals surface area contributed by atoms with E-state index in [1.54, 1.807) is 0 Å². The largest absolute Gasteiger partial charge is 0.488 e. The predicted molar refractivity (Wildman–Crippen MR) is 65.9 cm³/mol. The number of halogens is 2. The van der Waals surface area contributed by atoms with Gasteiger partial charge >= 0.3 is 5.97 Å². The van der Waals surface area contributed by atoms with E-state index in [-0.39, 0.29) is 19.0 Å². The van der Waals surface area contributed by atoms with Gasteiger partial charge in [-0.1, -0.05) is 0 Å². The van der Waals surface area contributed by atoms with E-state index in [1.807, 2.05) is 0 Å². The van der Waals surface area contributed by atoms with Crippen molar-refractivity contribution in [2.24, 2.45) is 5.73 Å². The first-order chi connectivity index (χ1) is 9.08. The zero-order chi connectivity index (χ0) is 14.3. The van der Waals surface area contributed by atoms with E-state index in [9.17, 15) is 13.6 Å². The summed E-state index contributed by atoms with van der Waals surface area (Å²) in [7, 11) is 1.28. The van der Waals surface area contributed by atoms with Gasteiger partial charge < -0.3 is 15.2 Å². The number of nitrogens with two attached hydrogens (primary N) is 1. The third kappa shape index (κ3) is 4.82. The fourth-order valence-electron chi connectivity index (χ4n) is 1.55. The highest BCUT2D eigenvalue weighted by molar-refractivity contribution is 5.69. The minimum absolute atomic E-state index is 0.0408. The van der Waals surface area contributed by atoms with Crippen LogP contribution in [0.15, 0.2) is 12.1 Å². The SMILES string of the molecule is COC(=O)CCCOc1c(F)cc(CCN)cc1F. The van der Waals surface area contributed by atoms with Gasteiger partial charge in [-0.05, 0) is 37.1 Å². The summed E-state index contributed by atoms with van der Waals surface area (Å²) in [6, 6.07) is 2.40. The molecule has 1 aromatic carbocycles. The van der Waals surface area contributed by atoms with Crippen LogP contribution in [0.1, 0.15) is 18.4 Å². The number of rotatable bonds is 7. The molecule has 0 radical (unpaired) electrons. The standard InChI is InChI=1S/C13H17F2NO3/c1-18-12(17)3-2-6-19-13-10(14)7-9(4-5-16)8-11(13)15/h7-8H,2-6,16H2,1H3. The molecule has 0 atom stereocenters. The van der Waals surface area contributed by atoms with Crippen molar-refractivity contribution in [1.82, 2.24) is 0 Å². The number of hydrogen-bond acceptors (Lipinski definition) is 4. The second kappa shape index (κ2) is 7.68. The number of hydrogen-bond donors (Lipinski definition) is 1. The maximum atomic E-state index is 13.6. The first-order valence-corrected chi connectivity index (χ1v) is 5.96. The molecular weight excluding hydrogens is 256 g/mol. The molecule has 4 nitrogen and oxygen atoms in total. The van der Waals surface area contributed by atoms with E-state index in [4.69, 9.17) is 10.5 Å². The van der Waals surface area contributed by atoms with E-state index < -0.39 is 17.4 Å². The van der Waals surface area contributed by atoms with Crippen LogP contribution >= 0.6 is 0 Å². The number of esters is 1. The summed E-state index contributed by atoms with van der Waals surface area (Å²) in [5, 5.41) is 0. The molecule has 0 aliphatic rings. The van der Waals surface area contributed by atoms with Gasteiger partial charge in [0.1, 0.15) is 0 Å². The number of ether oxygens (including phenoxy) is 2. The van der Waals surface area contributed by atoms with Crippen LogP contribution in [0.5, 0.6) is 5.75 Å². The van der Waals surface area contributed by atoms with Gasteiger partial charge in [0, 0.05) is 6.42 Å². The van der Waals surface area contributed by atoms with Crippen molar-refractivity contribution in [2.75, 3.05) is 20.3 Å². The number of carbonyl (C=O) groups excluding carboxylic acids is 1. The van der Waals surface area contributed by atoms with Gasteiger partial charge in [0.05, 0.1) is 13.7 Å². The van der Waals surface area contributed by atoms with Crippen LogP contribution < -0.4 is 10.5 Å². The lowest BCUT2D eigenvalue weighted by Gasteiger charge is -2.09. The molecule has 0 saturated heterocycles. The Morgan fingerprint density at radius 3 is 2.47 bits per heavy atom. The smallest absolute Gasteiger partial charge is 0.305 e. The monoisotopic (exact) mass is 273 g/mol. The molecule has 0 unspecified atom stereocenters. The lowest BCUT2D eigenvalue weighted by atomic mass is 10.1. The van der Waals surface area contributed by atoms with Crippen LogP contribution in [-0.2, 0) is 16.0 Å². The van der Waals surface area contributed by atoms with E-state index in [2.05, 4.69) is 4.74 Å². The first-order valence-electron chi connectivity index (χ1n) is 5.96. The van der Waals surface area contributed by atoms with Crippen molar-refractivity contribution >= 4 is 5.97 Å². The molecule has 0 heterocycles. The maximum Gasteiger partial charge on any atom is 0.305 e. The van der Waals surface area contributed by atoms with Crippen LogP contribution in [0.4, 0.5) is 8.78 Å². The molecule has 1 rings (SSSR count). The Labute approximate surface area is 110 Å². The molecule has 2 N–H and O–H groups in total. The molecule has 106 valence electrons. The Morgan fingerprint density at radius 2 is 1.95 bits per heavy atom. The van der Waals surface area contributed by atoms with Gasteiger partial charge in [-0.2, -0.15) is 0 Å².